The highest BCUT2D eigenvalue weighted by atomic mass is 32.3. The molecular weight excluding hydrogens is 316 g/mol. The fourth-order valence-electron chi connectivity index (χ4n) is 1.77. The van der Waals surface area contributed by atoms with E-state index in [1.54, 1.807) is 4.90 Å². The molecule has 0 atom stereocenters. The summed E-state index contributed by atoms with van der Waals surface area (Å²) in [6.45, 7) is 3.17. The lowest BCUT2D eigenvalue weighted by Gasteiger charge is -2.32. The van der Waals surface area contributed by atoms with Gasteiger partial charge in [-0.1, -0.05) is 15.9 Å². The number of urea groups is 1. The highest BCUT2D eigenvalue weighted by molar-refractivity contribution is 8.01. The Hall–Kier alpha value is -1.13. The van der Waals surface area contributed by atoms with Crippen molar-refractivity contribution in [2.24, 2.45) is 3.77 Å². The predicted molar refractivity (Wildman–Crippen MR) is 82.7 cm³/mol. The van der Waals surface area contributed by atoms with Gasteiger partial charge in [-0.25, -0.2) is 9.00 Å². The largest absolute Gasteiger partial charge is 0.335 e. The Balaban J connectivity index is 2.60. The second-order valence-corrected chi connectivity index (χ2v) is 9.25. The third-order valence-corrected chi connectivity index (χ3v) is 5.94. The molecule has 0 radical (unpaired) electrons. The molecule has 0 spiro atoms. The molecule has 1 aliphatic rings. The van der Waals surface area contributed by atoms with E-state index < -0.39 is 19.9 Å². The van der Waals surface area contributed by atoms with Crippen LogP contribution in [0.2, 0.25) is 0 Å². The molecule has 10 heteroatoms. The highest BCUT2D eigenvalue weighted by Crippen LogP contribution is 2.10. The average molecular weight is 338 g/mol. The molecule has 1 saturated heterocycles. The van der Waals surface area contributed by atoms with Gasteiger partial charge in [0.25, 0.3) is 0 Å². The molecule has 1 fully saturated rings. The van der Waals surface area contributed by atoms with Crippen molar-refractivity contribution in [3.8, 4) is 0 Å². The molecule has 1 rings (SSSR count). The number of carbonyl (C=O) groups excluding carboxylic acids is 1. The monoisotopic (exact) mass is 338 g/mol. The van der Waals surface area contributed by atoms with Crippen molar-refractivity contribution in [1.82, 2.24) is 14.5 Å². The summed E-state index contributed by atoms with van der Waals surface area (Å²) in [4.78, 5) is 13.3. The van der Waals surface area contributed by atoms with Gasteiger partial charge in [-0.2, -0.15) is 12.7 Å². The average Bonchev–Trinajstić information content (AvgIpc) is 2.36. The van der Waals surface area contributed by atoms with Crippen molar-refractivity contribution in [2.75, 3.05) is 45.2 Å². The molecule has 0 unspecified atom stereocenters. The van der Waals surface area contributed by atoms with E-state index in [1.807, 2.05) is 19.1 Å². The number of carbonyl (C=O) groups is 1. The van der Waals surface area contributed by atoms with E-state index in [0.717, 1.165) is 4.31 Å². The van der Waals surface area contributed by atoms with Crippen molar-refractivity contribution in [1.29, 1.82) is 0 Å². The first-order valence-electron chi connectivity index (χ1n) is 6.48. The van der Waals surface area contributed by atoms with Crippen molar-refractivity contribution in [2.45, 2.75) is 6.92 Å². The van der Waals surface area contributed by atoms with Gasteiger partial charge in [0.15, 0.2) is 0 Å². The van der Waals surface area contributed by atoms with Crippen LogP contribution in [0.15, 0.2) is 15.9 Å². The lowest BCUT2D eigenvalue weighted by Crippen LogP contribution is -2.52. The molecule has 0 aliphatic carbocycles. The summed E-state index contributed by atoms with van der Waals surface area (Å²) < 4.78 is 39.9. The van der Waals surface area contributed by atoms with Crippen molar-refractivity contribution < 1.29 is 17.4 Å². The number of piperazine rings is 1. The van der Waals surface area contributed by atoms with E-state index in [-0.39, 0.29) is 32.2 Å². The maximum Gasteiger partial charge on any atom is 0.330 e. The molecule has 8 nitrogen and oxygen atoms in total. The molecule has 0 aromatic heterocycles. The Bertz CT molecular complexity index is 604. The Kier molecular flexibility index (Phi) is 6.17. The Labute approximate surface area is 126 Å². The molecule has 0 saturated carbocycles. The van der Waals surface area contributed by atoms with E-state index in [4.69, 9.17) is 0 Å². The molecule has 0 bridgehead atoms. The zero-order valence-electron chi connectivity index (χ0n) is 12.5. The molecule has 1 heterocycles. The molecule has 1 N–H and O–H groups in total. The summed E-state index contributed by atoms with van der Waals surface area (Å²) in [5.41, 5.74) is 0. The van der Waals surface area contributed by atoms with E-state index in [2.05, 4.69) is 9.08 Å². The SMILES string of the molecule is CC=CCNC(=O)N1CCN(S(=O)(=O)N=S(C)(C)=O)CC1. The first-order valence-corrected chi connectivity index (χ1v) is 10.2. The zero-order valence-corrected chi connectivity index (χ0v) is 14.1. The molecule has 1 aliphatic heterocycles. The maximum atomic E-state index is 11.9. The van der Waals surface area contributed by atoms with Gasteiger partial charge in [0.05, 0.1) is 9.73 Å². The second kappa shape index (κ2) is 7.23. The van der Waals surface area contributed by atoms with Gasteiger partial charge in [-0.15, -0.1) is 0 Å². The van der Waals surface area contributed by atoms with Gasteiger partial charge in [-0.05, 0) is 6.92 Å². The normalized spacial score (nSPS) is 18.0. The molecule has 0 aromatic rings. The number of hydrogen-bond donors (Lipinski definition) is 1. The molecule has 0 aromatic carbocycles. The van der Waals surface area contributed by atoms with Crippen molar-refractivity contribution in [3.05, 3.63) is 12.2 Å². The second-order valence-electron chi connectivity index (χ2n) is 4.87. The number of amides is 2. The summed E-state index contributed by atoms with van der Waals surface area (Å²) in [6.07, 6.45) is 6.20. The van der Waals surface area contributed by atoms with E-state index >= 15 is 0 Å². The van der Waals surface area contributed by atoms with Crippen LogP contribution in [-0.4, -0.2) is 73.1 Å². The molecule has 122 valence electrons. The van der Waals surface area contributed by atoms with Crippen LogP contribution in [0.4, 0.5) is 4.79 Å². The first-order chi connectivity index (χ1) is 9.65. The van der Waals surface area contributed by atoms with Crippen LogP contribution in [0.25, 0.3) is 0 Å². The summed E-state index contributed by atoms with van der Waals surface area (Å²) >= 11 is 0. The lowest BCUT2D eigenvalue weighted by molar-refractivity contribution is 0.173. The Morgan fingerprint density at radius 2 is 1.76 bits per heavy atom. The summed E-state index contributed by atoms with van der Waals surface area (Å²) in [6, 6.07) is -0.225. The Morgan fingerprint density at radius 1 is 1.19 bits per heavy atom. The van der Waals surface area contributed by atoms with E-state index in [1.165, 1.54) is 12.5 Å². The minimum Gasteiger partial charge on any atom is -0.335 e. The van der Waals surface area contributed by atoms with Crippen molar-refractivity contribution >= 4 is 26.0 Å². The fourth-order valence-corrected chi connectivity index (χ4v) is 4.59. The van der Waals surface area contributed by atoms with Gasteiger partial charge in [0.2, 0.25) is 0 Å². The summed E-state index contributed by atoms with van der Waals surface area (Å²) in [7, 11) is -6.63. The molecule has 2 amide bonds. The first kappa shape index (κ1) is 17.9. The van der Waals surface area contributed by atoms with Crippen LogP contribution < -0.4 is 5.32 Å². The standard InChI is InChI=1S/C11H22N4O4S2/c1-4-5-6-12-11(16)14-7-9-15(10-8-14)21(18,19)13-20(2,3)17/h4-5H,6-10H2,1-3H3,(H,12,16). The zero-order chi connectivity index (χ0) is 16.1. The number of allylic oxidation sites excluding steroid dienone is 1. The topological polar surface area (TPSA) is 99.2 Å². The number of nitrogens with one attached hydrogen (secondary N) is 1. The van der Waals surface area contributed by atoms with Crippen molar-refractivity contribution in [3.63, 3.8) is 0 Å². The third kappa shape index (κ3) is 6.02. The number of rotatable bonds is 4. The Morgan fingerprint density at radius 3 is 2.24 bits per heavy atom. The van der Waals surface area contributed by atoms with Gasteiger partial charge in [0.1, 0.15) is 0 Å². The number of hydrogen-bond acceptors (Lipinski definition) is 4. The maximum absolute atomic E-state index is 11.9. The smallest absolute Gasteiger partial charge is 0.330 e. The van der Waals surface area contributed by atoms with Crippen LogP contribution in [0.5, 0.6) is 0 Å². The lowest BCUT2D eigenvalue weighted by atomic mass is 10.4. The van der Waals surface area contributed by atoms with Gasteiger partial charge < -0.3 is 10.2 Å². The fraction of sp³-hybridized carbons (Fsp3) is 0.727. The summed E-state index contributed by atoms with van der Waals surface area (Å²) in [5, 5.41) is 2.71. The highest BCUT2D eigenvalue weighted by Gasteiger charge is 2.28. The minimum absolute atomic E-state index is 0.151. The minimum atomic E-state index is -3.90. The van der Waals surface area contributed by atoms with Crippen LogP contribution in [-0.2, 0) is 19.9 Å². The van der Waals surface area contributed by atoms with Crippen LogP contribution in [0.3, 0.4) is 0 Å². The predicted octanol–water partition coefficient (Wildman–Crippen LogP) is -0.138. The third-order valence-electron chi connectivity index (χ3n) is 2.73. The van der Waals surface area contributed by atoms with E-state index in [9.17, 15) is 17.4 Å². The van der Waals surface area contributed by atoms with E-state index in [0.29, 0.717) is 6.54 Å². The summed E-state index contributed by atoms with van der Waals surface area (Å²) in [5.74, 6) is 0. The molecular formula is C11H22N4O4S2. The van der Waals surface area contributed by atoms with Crippen LogP contribution >= 0.6 is 0 Å². The quantitative estimate of drug-likeness (QED) is 0.721. The van der Waals surface area contributed by atoms with Gasteiger partial charge in [-0.3, -0.25) is 0 Å². The molecule has 21 heavy (non-hydrogen) atoms. The van der Waals surface area contributed by atoms with Crippen LogP contribution in [0, 0.1) is 0 Å². The number of nitrogens with zero attached hydrogens (tertiary/aromatic N) is 3. The van der Waals surface area contributed by atoms with Gasteiger partial charge >= 0.3 is 16.2 Å². The van der Waals surface area contributed by atoms with Crippen LogP contribution in [0.1, 0.15) is 6.92 Å². The van der Waals surface area contributed by atoms with Gasteiger partial charge in [0, 0.05) is 45.2 Å².